The molecule has 2 aliphatic rings. The normalized spacial score (nSPS) is 21.9. The molecule has 0 spiro atoms. The number of alkyl halides is 3. The number of fused-ring (bicyclic) bond motifs is 1. The van der Waals surface area contributed by atoms with Crippen LogP contribution >= 0.6 is 0 Å². The van der Waals surface area contributed by atoms with E-state index in [2.05, 4.69) is 25.3 Å². The van der Waals surface area contributed by atoms with E-state index >= 15 is 0 Å². The largest absolute Gasteiger partial charge is 0.417 e. The highest BCUT2D eigenvalue weighted by atomic mass is 19.4. The van der Waals surface area contributed by atoms with Crippen LogP contribution in [-0.4, -0.2) is 49.9 Å². The van der Waals surface area contributed by atoms with Gasteiger partial charge in [0.05, 0.1) is 11.1 Å². The summed E-state index contributed by atoms with van der Waals surface area (Å²) in [6.45, 7) is 1.01. The first-order valence-electron chi connectivity index (χ1n) is 10.7. The monoisotopic (exact) mass is 454 g/mol. The van der Waals surface area contributed by atoms with E-state index < -0.39 is 11.7 Å². The van der Waals surface area contributed by atoms with Crippen molar-refractivity contribution in [2.24, 2.45) is 11.8 Å². The lowest BCUT2D eigenvalue weighted by molar-refractivity contribution is -0.137. The maximum absolute atomic E-state index is 13.6. The number of piperidine rings is 1. The predicted molar refractivity (Wildman–Crippen MR) is 114 cm³/mol. The van der Waals surface area contributed by atoms with Gasteiger partial charge in [0.25, 0.3) is 5.91 Å². The molecular formula is C23H21F3N6O. The van der Waals surface area contributed by atoms with E-state index in [4.69, 9.17) is 0 Å². The standard InChI is InChI=1S/C23H21F3N6O/c24-23(25,26)16-4-5-19(30-11-16)31-12-17-10-14-9-15(14)13-32(17)22(33)20-18(3-1-6-27-20)21-28-7-2-8-29-21/h1-8,11,14-15,17H,9-10,12-13H2,(H,30,31)/t14-,15?,17-/m0/s1. The molecule has 1 N–H and O–H groups in total. The van der Waals surface area contributed by atoms with Crippen LogP contribution in [-0.2, 0) is 6.18 Å². The van der Waals surface area contributed by atoms with Crippen molar-refractivity contribution in [1.29, 1.82) is 0 Å². The van der Waals surface area contributed by atoms with Crippen LogP contribution in [0.15, 0.2) is 55.1 Å². The third-order valence-corrected chi connectivity index (χ3v) is 6.20. The third-order valence-electron chi connectivity index (χ3n) is 6.20. The summed E-state index contributed by atoms with van der Waals surface area (Å²) >= 11 is 0. The average molecular weight is 454 g/mol. The molecule has 10 heteroatoms. The van der Waals surface area contributed by atoms with Gasteiger partial charge >= 0.3 is 6.18 Å². The Labute approximate surface area is 188 Å². The predicted octanol–water partition coefficient (Wildman–Crippen LogP) is 3.92. The summed E-state index contributed by atoms with van der Waals surface area (Å²) in [5.74, 6) is 1.62. The molecule has 7 nitrogen and oxygen atoms in total. The Morgan fingerprint density at radius 1 is 1.00 bits per heavy atom. The van der Waals surface area contributed by atoms with Gasteiger partial charge in [-0.1, -0.05) is 0 Å². The number of carbonyl (C=O) groups is 1. The van der Waals surface area contributed by atoms with Crippen LogP contribution in [0.4, 0.5) is 19.0 Å². The van der Waals surface area contributed by atoms with E-state index in [0.717, 1.165) is 25.1 Å². The molecule has 1 aliphatic carbocycles. The van der Waals surface area contributed by atoms with Crippen LogP contribution < -0.4 is 5.32 Å². The Hall–Kier alpha value is -3.56. The molecule has 3 aromatic heterocycles. The number of carbonyl (C=O) groups excluding carboxylic acids is 1. The van der Waals surface area contributed by atoms with Crippen molar-refractivity contribution >= 4 is 11.7 Å². The first kappa shape index (κ1) is 21.3. The summed E-state index contributed by atoms with van der Waals surface area (Å²) in [4.78, 5) is 32.1. The molecule has 170 valence electrons. The Bertz CT molecular complexity index is 1140. The lowest BCUT2D eigenvalue weighted by Gasteiger charge is -2.35. The Kier molecular flexibility index (Phi) is 5.43. The minimum absolute atomic E-state index is 0.128. The fourth-order valence-corrected chi connectivity index (χ4v) is 4.36. The summed E-state index contributed by atoms with van der Waals surface area (Å²) in [7, 11) is 0. The SMILES string of the molecule is O=C(c1ncccc1-c1ncccn1)N1CC2C[C@H]2C[C@H]1CNc1ccc(C(F)(F)F)cn1. The third kappa shape index (κ3) is 4.50. The van der Waals surface area contributed by atoms with Gasteiger partial charge in [0.2, 0.25) is 0 Å². The number of anilines is 1. The topological polar surface area (TPSA) is 83.9 Å². The smallest absolute Gasteiger partial charge is 0.368 e. The van der Waals surface area contributed by atoms with E-state index in [1.165, 1.54) is 6.07 Å². The van der Waals surface area contributed by atoms with Gasteiger partial charge in [0.1, 0.15) is 11.5 Å². The number of amides is 1. The Morgan fingerprint density at radius 2 is 1.79 bits per heavy atom. The summed E-state index contributed by atoms with van der Waals surface area (Å²) in [5, 5.41) is 3.10. The summed E-state index contributed by atoms with van der Waals surface area (Å²) in [6.07, 6.45) is 3.09. The number of rotatable bonds is 5. The fraction of sp³-hybridized carbons (Fsp3) is 0.348. The molecule has 0 radical (unpaired) electrons. The molecule has 1 saturated heterocycles. The van der Waals surface area contributed by atoms with E-state index in [0.29, 0.717) is 47.8 Å². The number of hydrogen-bond acceptors (Lipinski definition) is 6. The van der Waals surface area contributed by atoms with Gasteiger partial charge in [-0.3, -0.25) is 9.78 Å². The number of pyridine rings is 2. The minimum atomic E-state index is -4.43. The van der Waals surface area contributed by atoms with Crippen molar-refractivity contribution < 1.29 is 18.0 Å². The zero-order valence-electron chi connectivity index (χ0n) is 17.5. The molecule has 1 unspecified atom stereocenters. The van der Waals surface area contributed by atoms with E-state index in [1.54, 1.807) is 36.8 Å². The van der Waals surface area contributed by atoms with Crippen molar-refractivity contribution in [3.8, 4) is 11.4 Å². The van der Waals surface area contributed by atoms with Gasteiger partial charge in [-0.15, -0.1) is 0 Å². The minimum Gasteiger partial charge on any atom is -0.368 e. The second-order valence-electron chi connectivity index (χ2n) is 8.39. The fourth-order valence-electron chi connectivity index (χ4n) is 4.36. The van der Waals surface area contributed by atoms with Gasteiger partial charge in [-0.25, -0.2) is 15.0 Å². The molecular weight excluding hydrogens is 433 g/mol. The number of hydrogen-bond donors (Lipinski definition) is 1. The quantitative estimate of drug-likeness (QED) is 0.629. The number of likely N-dealkylation sites (tertiary alicyclic amines) is 1. The second-order valence-corrected chi connectivity index (χ2v) is 8.39. The molecule has 4 heterocycles. The highest BCUT2D eigenvalue weighted by molar-refractivity contribution is 5.98. The van der Waals surface area contributed by atoms with Crippen molar-refractivity contribution in [2.75, 3.05) is 18.4 Å². The zero-order valence-corrected chi connectivity index (χ0v) is 17.5. The van der Waals surface area contributed by atoms with Crippen LogP contribution in [0.1, 0.15) is 28.9 Å². The number of aromatic nitrogens is 4. The van der Waals surface area contributed by atoms with Crippen LogP contribution in [0.3, 0.4) is 0 Å². The lowest BCUT2D eigenvalue weighted by atomic mass is 10.0. The molecule has 1 amide bonds. The molecule has 3 atom stereocenters. The molecule has 0 aromatic carbocycles. The van der Waals surface area contributed by atoms with Crippen molar-refractivity contribution in [3.05, 3.63) is 66.4 Å². The maximum atomic E-state index is 13.6. The van der Waals surface area contributed by atoms with Crippen LogP contribution in [0.5, 0.6) is 0 Å². The van der Waals surface area contributed by atoms with E-state index in [9.17, 15) is 18.0 Å². The van der Waals surface area contributed by atoms with Gasteiger partial charge < -0.3 is 10.2 Å². The van der Waals surface area contributed by atoms with Gasteiger partial charge in [0, 0.05) is 43.9 Å². The van der Waals surface area contributed by atoms with Crippen molar-refractivity contribution in [1.82, 2.24) is 24.8 Å². The molecule has 1 aliphatic heterocycles. The van der Waals surface area contributed by atoms with Gasteiger partial charge in [-0.05, 0) is 55.0 Å². The maximum Gasteiger partial charge on any atom is 0.417 e. The molecule has 5 rings (SSSR count). The molecule has 0 bridgehead atoms. The highest BCUT2D eigenvalue weighted by Crippen LogP contribution is 2.47. The lowest BCUT2D eigenvalue weighted by Crippen LogP contribution is -2.48. The first-order valence-corrected chi connectivity index (χ1v) is 10.7. The molecule has 33 heavy (non-hydrogen) atoms. The zero-order chi connectivity index (χ0) is 23.0. The van der Waals surface area contributed by atoms with Gasteiger partial charge in [-0.2, -0.15) is 13.2 Å². The highest BCUT2D eigenvalue weighted by Gasteiger charge is 2.47. The van der Waals surface area contributed by atoms with Crippen LogP contribution in [0, 0.1) is 11.8 Å². The van der Waals surface area contributed by atoms with Crippen LogP contribution in [0.25, 0.3) is 11.4 Å². The Balaban J connectivity index is 1.35. The number of nitrogens with zero attached hydrogens (tertiary/aromatic N) is 5. The van der Waals surface area contributed by atoms with Crippen molar-refractivity contribution in [2.45, 2.75) is 25.1 Å². The summed E-state index contributed by atoms with van der Waals surface area (Å²) in [5.41, 5.74) is 0.0618. The summed E-state index contributed by atoms with van der Waals surface area (Å²) < 4.78 is 38.3. The van der Waals surface area contributed by atoms with E-state index in [1.807, 2.05) is 4.90 Å². The second kappa shape index (κ2) is 8.42. The number of halogens is 3. The first-order chi connectivity index (χ1) is 15.9. The molecule has 3 aromatic rings. The molecule has 1 saturated carbocycles. The Morgan fingerprint density at radius 3 is 2.52 bits per heavy atom. The van der Waals surface area contributed by atoms with Crippen LogP contribution in [0.2, 0.25) is 0 Å². The van der Waals surface area contributed by atoms with E-state index in [-0.39, 0.29) is 11.9 Å². The van der Waals surface area contributed by atoms with Gasteiger partial charge in [0.15, 0.2) is 5.82 Å². The summed E-state index contributed by atoms with van der Waals surface area (Å²) in [6, 6.07) is 7.40. The van der Waals surface area contributed by atoms with Crippen molar-refractivity contribution in [3.63, 3.8) is 0 Å². The molecule has 2 fully saturated rings. The average Bonchev–Trinajstić information content (AvgIpc) is 3.60. The number of nitrogens with one attached hydrogen (secondary N) is 1.